The highest BCUT2D eigenvalue weighted by atomic mass is 32.2. The van der Waals surface area contributed by atoms with Gasteiger partial charge < -0.3 is 5.32 Å². The number of nitrogens with one attached hydrogen (secondary N) is 1. The van der Waals surface area contributed by atoms with E-state index < -0.39 is 0 Å². The van der Waals surface area contributed by atoms with Crippen molar-refractivity contribution < 1.29 is 0 Å². The zero-order valence-electron chi connectivity index (χ0n) is 11.2. The molecular weight excluding hydrogens is 228 g/mol. The molecule has 0 aromatic carbocycles. The lowest BCUT2D eigenvalue weighted by Crippen LogP contribution is -2.41. The fraction of sp³-hybridized carbons (Fsp3) is 0.929. The number of hydrogen-bond acceptors (Lipinski definition) is 2. The number of nitrogens with zero attached hydrogens (tertiary/aromatic N) is 1. The summed E-state index contributed by atoms with van der Waals surface area (Å²) in [6, 6.07) is 0.588. The summed E-state index contributed by atoms with van der Waals surface area (Å²) in [5.74, 6) is 2.99. The second kappa shape index (κ2) is 6.67. The van der Waals surface area contributed by atoms with Crippen molar-refractivity contribution in [3.63, 3.8) is 0 Å². The first-order valence-corrected chi connectivity index (χ1v) is 8.18. The minimum absolute atomic E-state index is 0.588. The van der Waals surface area contributed by atoms with Crippen molar-refractivity contribution in [2.45, 2.75) is 58.4 Å². The van der Waals surface area contributed by atoms with Crippen molar-refractivity contribution in [1.82, 2.24) is 5.32 Å². The van der Waals surface area contributed by atoms with Crippen LogP contribution in [0.15, 0.2) is 4.99 Å². The highest BCUT2D eigenvalue weighted by molar-refractivity contribution is 8.13. The second-order valence-corrected chi connectivity index (χ2v) is 6.71. The van der Waals surface area contributed by atoms with Crippen LogP contribution in [0.3, 0.4) is 0 Å². The zero-order chi connectivity index (χ0) is 12.1. The third-order valence-corrected chi connectivity index (χ3v) is 5.40. The van der Waals surface area contributed by atoms with Gasteiger partial charge in [0.1, 0.15) is 0 Å². The third-order valence-electron chi connectivity index (χ3n) is 4.19. The minimum atomic E-state index is 0.588. The highest BCUT2D eigenvalue weighted by Crippen LogP contribution is 2.28. The molecule has 0 radical (unpaired) electrons. The van der Waals surface area contributed by atoms with Gasteiger partial charge in [-0.3, -0.25) is 4.99 Å². The van der Waals surface area contributed by atoms with Gasteiger partial charge >= 0.3 is 0 Å². The Hall–Kier alpha value is -0.180. The Labute approximate surface area is 110 Å². The van der Waals surface area contributed by atoms with Gasteiger partial charge in [0.2, 0.25) is 0 Å². The lowest BCUT2D eigenvalue weighted by molar-refractivity contribution is 0.482. The molecule has 3 heteroatoms. The van der Waals surface area contributed by atoms with Crippen molar-refractivity contribution in [2.75, 3.05) is 12.3 Å². The molecule has 0 aromatic rings. The molecule has 1 saturated carbocycles. The molecule has 2 rings (SSSR count). The molecule has 17 heavy (non-hydrogen) atoms. The standard InChI is InChI=1S/C14H26N2S/c1-11-10-17-14(16-12(11)2)15-9-5-8-13-6-3-4-7-13/h11-13H,3-10H2,1-2H3,(H,15,16). The van der Waals surface area contributed by atoms with Gasteiger partial charge in [-0.1, -0.05) is 44.4 Å². The SMILES string of the molecule is CC1CSC(=NCCCC2CCCC2)NC1C. The van der Waals surface area contributed by atoms with E-state index in [0.717, 1.165) is 18.4 Å². The van der Waals surface area contributed by atoms with E-state index in [0.29, 0.717) is 6.04 Å². The molecule has 2 fully saturated rings. The molecule has 2 unspecified atom stereocenters. The number of amidine groups is 1. The van der Waals surface area contributed by atoms with Crippen LogP contribution < -0.4 is 5.32 Å². The molecule has 1 aliphatic heterocycles. The summed E-state index contributed by atoms with van der Waals surface area (Å²) in [5.41, 5.74) is 0. The smallest absolute Gasteiger partial charge is 0.156 e. The molecule has 1 saturated heterocycles. The summed E-state index contributed by atoms with van der Waals surface area (Å²) in [6.07, 6.45) is 8.54. The van der Waals surface area contributed by atoms with Crippen LogP contribution in [0.4, 0.5) is 0 Å². The van der Waals surface area contributed by atoms with Gasteiger partial charge in [-0.05, 0) is 31.6 Å². The quantitative estimate of drug-likeness (QED) is 0.774. The van der Waals surface area contributed by atoms with Crippen molar-refractivity contribution in [3.05, 3.63) is 0 Å². The summed E-state index contributed by atoms with van der Waals surface area (Å²) in [4.78, 5) is 4.70. The van der Waals surface area contributed by atoms with Crippen LogP contribution in [0.25, 0.3) is 0 Å². The lowest BCUT2D eigenvalue weighted by Gasteiger charge is -2.28. The lowest BCUT2D eigenvalue weighted by atomic mass is 10.0. The first-order chi connectivity index (χ1) is 8.25. The van der Waals surface area contributed by atoms with Gasteiger partial charge in [-0.25, -0.2) is 0 Å². The molecule has 2 atom stereocenters. The number of hydrogen-bond donors (Lipinski definition) is 1. The Balaban J connectivity index is 1.63. The number of aliphatic imine (C=N–C) groups is 1. The van der Waals surface area contributed by atoms with E-state index in [9.17, 15) is 0 Å². The molecule has 2 aliphatic rings. The predicted molar refractivity (Wildman–Crippen MR) is 77.7 cm³/mol. The predicted octanol–water partition coefficient (Wildman–Crippen LogP) is 3.67. The van der Waals surface area contributed by atoms with Crippen molar-refractivity contribution in [3.8, 4) is 0 Å². The third kappa shape index (κ3) is 4.20. The molecule has 0 aromatic heterocycles. The molecule has 1 aliphatic carbocycles. The topological polar surface area (TPSA) is 24.4 Å². The normalized spacial score (nSPS) is 32.9. The Morgan fingerprint density at radius 3 is 2.76 bits per heavy atom. The summed E-state index contributed by atoms with van der Waals surface area (Å²) < 4.78 is 0. The molecule has 0 amide bonds. The Morgan fingerprint density at radius 2 is 2.06 bits per heavy atom. The molecule has 2 nitrogen and oxygen atoms in total. The van der Waals surface area contributed by atoms with Crippen molar-refractivity contribution in [2.24, 2.45) is 16.8 Å². The van der Waals surface area contributed by atoms with Gasteiger partial charge in [-0.15, -0.1) is 0 Å². The van der Waals surface area contributed by atoms with Crippen LogP contribution in [-0.2, 0) is 0 Å². The molecular formula is C14H26N2S. The summed E-state index contributed by atoms with van der Waals surface area (Å²) in [5, 5.41) is 4.69. The van der Waals surface area contributed by atoms with Gasteiger partial charge in [-0.2, -0.15) is 0 Å². The molecule has 0 bridgehead atoms. The average Bonchev–Trinajstić information content (AvgIpc) is 2.82. The molecule has 1 heterocycles. The van der Waals surface area contributed by atoms with E-state index >= 15 is 0 Å². The highest BCUT2D eigenvalue weighted by Gasteiger charge is 2.20. The average molecular weight is 254 g/mol. The molecule has 1 N–H and O–H groups in total. The first-order valence-electron chi connectivity index (χ1n) is 7.19. The van der Waals surface area contributed by atoms with E-state index in [1.54, 1.807) is 0 Å². The number of rotatable bonds is 4. The monoisotopic (exact) mass is 254 g/mol. The molecule has 98 valence electrons. The van der Waals surface area contributed by atoms with E-state index in [2.05, 4.69) is 19.2 Å². The van der Waals surface area contributed by atoms with Crippen LogP contribution in [0.5, 0.6) is 0 Å². The van der Waals surface area contributed by atoms with E-state index in [-0.39, 0.29) is 0 Å². The van der Waals surface area contributed by atoms with Crippen LogP contribution in [0, 0.1) is 11.8 Å². The van der Waals surface area contributed by atoms with Crippen LogP contribution in [0.2, 0.25) is 0 Å². The van der Waals surface area contributed by atoms with Gasteiger partial charge in [0, 0.05) is 18.3 Å². The maximum Gasteiger partial charge on any atom is 0.156 e. The van der Waals surface area contributed by atoms with Crippen LogP contribution >= 0.6 is 11.8 Å². The fourth-order valence-corrected chi connectivity index (χ4v) is 3.85. The van der Waals surface area contributed by atoms with Gasteiger partial charge in [0.05, 0.1) is 0 Å². The summed E-state index contributed by atoms with van der Waals surface area (Å²) >= 11 is 1.90. The Kier molecular flexibility index (Phi) is 5.20. The Bertz CT molecular complexity index is 259. The van der Waals surface area contributed by atoms with Crippen LogP contribution in [0.1, 0.15) is 52.4 Å². The largest absolute Gasteiger partial charge is 0.362 e. The first kappa shape index (κ1) is 13.3. The van der Waals surface area contributed by atoms with Crippen molar-refractivity contribution >= 4 is 16.9 Å². The fourth-order valence-electron chi connectivity index (χ4n) is 2.68. The maximum atomic E-state index is 4.70. The maximum absolute atomic E-state index is 4.70. The Morgan fingerprint density at radius 1 is 1.29 bits per heavy atom. The minimum Gasteiger partial charge on any atom is -0.362 e. The van der Waals surface area contributed by atoms with E-state index in [1.165, 1.54) is 49.4 Å². The molecule has 0 spiro atoms. The van der Waals surface area contributed by atoms with Crippen LogP contribution in [-0.4, -0.2) is 23.5 Å². The van der Waals surface area contributed by atoms with E-state index in [4.69, 9.17) is 4.99 Å². The van der Waals surface area contributed by atoms with Gasteiger partial charge in [0.25, 0.3) is 0 Å². The zero-order valence-corrected chi connectivity index (χ0v) is 12.1. The van der Waals surface area contributed by atoms with Gasteiger partial charge in [0.15, 0.2) is 5.17 Å². The van der Waals surface area contributed by atoms with E-state index in [1.807, 2.05) is 11.8 Å². The summed E-state index contributed by atoms with van der Waals surface area (Å²) in [6.45, 7) is 5.59. The second-order valence-electron chi connectivity index (χ2n) is 5.70. The number of thioether (sulfide) groups is 1. The summed E-state index contributed by atoms with van der Waals surface area (Å²) in [7, 11) is 0. The van der Waals surface area contributed by atoms with Crippen molar-refractivity contribution in [1.29, 1.82) is 0 Å².